The largest absolute Gasteiger partial charge is 0.500 e. The molecular weight excluding hydrogens is 293 g/mol. The highest BCUT2D eigenvalue weighted by Gasteiger charge is 2.28. The number of carboxylic acid groups (broad SMARTS) is 1. The molecule has 0 heterocycles. The lowest BCUT2D eigenvalue weighted by Crippen LogP contribution is -2.16. The van der Waals surface area contributed by atoms with E-state index in [4.69, 9.17) is 5.11 Å². The summed E-state index contributed by atoms with van der Waals surface area (Å²) in [5.41, 5.74) is -1.90. The highest BCUT2D eigenvalue weighted by atomic mass is 19.2. The van der Waals surface area contributed by atoms with E-state index in [-0.39, 0.29) is 12.7 Å². The van der Waals surface area contributed by atoms with E-state index in [1.165, 1.54) is 6.92 Å². The zero-order valence-electron chi connectivity index (χ0n) is 11.1. The van der Waals surface area contributed by atoms with Gasteiger partial charge in [0.05, 0.1) is 19.3 Å². The van der Waals surface area contributed by atoms with Crippen molar-refractivity contribution in [1.29, 1.82) is 0 Å². The molecule has 0 aliphatic rings. The number of carbonyl (C=O) groups is 2. The van der Waals surface area contributed by atoms with Crippen LogP contribution < -0.4 is 4.74 Å². The number of carbonyl (C=O) groups excluding carboxylic acids is 1. The van der Waals surface area contributed by atoms with Gasteiger partial charge in [-0.05, 0) is 13.0 Å². The summed E-state index contributed by atoms with van der Waals surface area (Å²) in [5, 5.41) is 8.88. The van der Waals surface area contributed by atoms with Crippen molar-refractivity contribution in [3.63, 3.8) is 0 Å². The molecule has 1 aromatic rings. The van der Waals surface area contributed by atoms with Crippen LogP contribution in [0.15, 0.2) is 17.9 Å². The van der Waals surface area contributed by atoms with E-state index in [2.05, 4.69) is 9.47 Å². The Morgan fingerprint density at radius 3 is 2.38 bits per heavy atom. The molecule has 0 amide bonds. The van der Waals surface area contributed by atoms with Crippen LogP contribution in [0.25, 0.3) is 0 Å². The van der Waals surface area contributed by atoms with Crippen LogP contribution in [0.1, 0.15) is 17.3 Å². The van der Waals surface area contributed by atoms with E-state index >= 15 is 0 Å². The van der Waals surface area contributed by atoms with Gasteiger partial charge in [0.2, 0.25) is 11.6 Å². The number of benzene rings is 1. The molecule has 1 rings (SSSR count). The zero-order chi connectivity index (χ0) is 16.2. The summed E-state index contributed by atoms with van der Waals surface area (Å²) in [4.78, 5) is 22.9. The number of hydrogen-bond donors (Lipinski definition) is 1. The maximum atomic E-state index is 13.9. The Labute approximate surface area is 117 Å². The molecule has 0 aromatic heterocycles. The second-order valence-corrected chi connectivity index (χ2v) is 3.69. The molecule has 0 bridgehead atoms. The number of ether oxygens (including phenoxy) is 2. The van der Waals surface area contributed by atoms with Gasteiger partial charge in [0.15, 0.2) is 17.4 Å². The van der Waals surface area contributed by atoms with Gasteiger partial charge >= 0.3 is 5.97 Å². The Bertz CT molecular complexity index is 610. The molecule has 0 fully saturated rings. The molecular formula is C13H11F3O5. The minimum atomic E-state index is -1.70. The number of carboxylic acids is 1. The quantitative estimate of drug-likeness (QED) is 0.218. The molecule has 0 aliphatic heterocycles. The van der Waals surface area contributed by atoms with Gasteiger partial charge in [0, 0.05) is 0 Å². The number of Topliss-reactive ketones (excluding diaryl/α,β-unsaturated/α-hetero) is 1. The van der Waals surface area contributed by atoms with Gasteiger partial charge in [-0.15, -0.1) is 0 Å². The Morgan fingerprint density at radius 1 is 1.29 bits per heavy atom. The Kier molecular flexibility index (Phi) is 5.34. The van der Waals surface area contributed by atoms with E-state index in [9.17, 15) is 22.8 Å². The molecule has 114 valence electrons. The summed E-state index contributed by atoms with van der Waals surface area (Å²) in [6.45, 7) is 1.59. The molecule has 1 aromatic carbocycles. The lowest BCUT2D eigenvalue weighted by Gasteiger charge is -2.09. The van der Waals surface area contributed by atoms with Crippen LogP contribution in [0.5, 0.6) is 5.75 Å². The van der Waals surface area contributed by atoms with E-state index in [0.717, 1.165) is 7.11 Å². The van der Waals surface area contributed by atoms with Crippen molar-refractivity contribution in [3.8, 4) is 5.75 Å². The predicted molar refractivity (Wildman–Crippen MR) is 64.5 cm³/mol. The first-order valence-electron chi connectivity index (χ1n) is 5.66. The summed E-state index contributed by atoms with van der Waals surface area (Å²) in [7, 11) is 0.878. The van der Waals surface area contributed by atoms with E-state index < -0.39 is 46.1 Å². The Hall–Kier alpha value is -2.51. The first-order chi connectivity index (χ1) is 9.84. The van der Waals surface area contributed by atoms with E-state index in [0.29, 0.717) is 6.26 Å². The van der Waals surface area contributed by atoms with Gasteiger partial charge in [0.25, 0.3) is 0 Å². The SMILES string of the molecule is CCOC=C(C(=O)O)C(=O)c1cc(F)c(F)c(OC)c1F. The lowest BCUT2D eigenvalue weighted by atomic mass is 10.0. The fourth-order valence-electron chi connectivity index (χ4n) is 1.44. The molecule has 0 spiro atoms. The van der Waals surface area contributed by atoms with Gasteiger partial charge in [-0.2, -0.15) is 4.39 Å². The zero-order valence-corrected chi connectivity index (χ0v) is 11.1. The van der Waals surface area contributed by atoms with Crippen LogP contribution in [0.3, 0.4) is 0 Å². The van der Waals surface area contributed by atoms with Crippen LogP contribution in [-0.2, 0) is 9.53 Å². The monoisotopic (exact) mass is 304 g/mol. The fourth-order valence-corrected chi connectivity index (χ4v) is 1.44. The van der Waals surface area contributed by atoms with Gasteiger partial charge in [-0.3, -0.25) is 4.79 Å². The van der Waals surface area contributed by atoms with Crippen LogP contribution in [0.4, 0.5) is 13.2 Å². The van der Waals surface area contributed by atoms with Crippen LogP contribution in [0, 0.1) is 17.5 Å². The van der Waals surface area contributed by atoms with Crippen molar-refractivity contribution in [2.24, 2.45) is 0 Å². The number of methoxy groups -OCH3 is 1. The maximum Gasteiger partial charge on any atom is 0.342 e. The molecule has 0 aliphatic carbocycles. The smallest absolute Gasteiger partial charge is 0.342 e. The average Bonchev–Trinajstić information content (AvgIpc) is 2.43. The third-order valence-electron chi connectivity index (χ3n) is 2.41. The molecule has 8 heteroatoms. The van der Waals surface area contributed by atoms with Crippen LogP contribution >= 0.6 is 0 Å². The molecule has 0 atom stereocenters. The molecule has 5 nitrogen and oxygen atoms in total. The average molecular weight is 304 g/mol. The summed E-state index contributed by atoms with van der Waals surface area (Å²) in [5.74, 6) is -8.83. The molecule has 1 N–H and O–H groups in total. The van der Waals surface area contributed by atoms with Crippen molar-refractivity contribution in [2.75, 3.05) is 13.7 Å². The third kappa shape index (κ3) is 3.33. The van der Waals surface area contributed by atoms with Gasteiger partial charge in [0.1, 0.15) is 11.8 Å². The first kappa shape index (κ1) is 16.5. The second kappa shape index (κ2) is 6.78. The molecule has 0 saturated heterocycles. The van der Waals surface area contributed by atoms with Crippen LogP contribution in [-0.4, -0.2) is 30.6 Å². The third-order valence-corrected chi connectivity index (χ3v) is 2.41. The van der Waals surface area contributed by atoms with Crippen LogP contribution in [0.2, 0.25) is 0 Å². The van der Waals surface area contributed by atoms with Crippen molar-refractivity contribution in [1.82, 2.24) is 0 Å². The number of ketones is 1. The number of rotatable bonds is 6. The van der Waals surface area contributed by atoms with Crippen molar-refractivity contribution < 1.29 is 37.3 Å². The Morgan fingerprint density at radius 2 is 1.90 bits per heavy atom. The standard InChI is InChI=1S/C13H11F3O5/c1-3-21-5-7(13(18)19)11(17)6-4-8(14)10(16)12(20-2)9(6)15/h4-5H,3H2,1-2H3,(H,18,19). The van der Waals surface area contributed by atoms with Crippen molar-refractivity contribution >= 4 is 11.8 Å². The fraction of sp³-hybridized carbons (Fsp3) is 0.231. The minimum absolute atomic E-state index is 0.0631. The van der Waals surface area contributed by atoms with Gasteiger partial charge < -0.3 is 14.6 Å². The molecule has 0 radical (unpaired) electrons. The normalized spacial score (nSPS) is 11.2. The van der Waals surface area contributed by atoms with E-state index in [1.54, 1.807) is 0 Å². The van der Waals surface area contributed by atoms with Gasteiger partial charge in [-0.25, -0.2) is 13.6 Å². The van der Waals surface area contributed by atoms with Crippen molar-refractivity contribution in [3.05, 3.63) is 40.9 Å². The summed E-state index contributed by atoms with van der Waals surface area (Å²) in [6, 6.07) is 0.262. The highest BCUT2D eigenvalue weighted by Crippen LogP contribution is 2.28. The topological polar surface area (TPSA) is 72.8 Å². The first-order valence-corrected chi connectivity index (χ1v) is 5.66. The summed E-state index contributed by atoms with van der Waals surface area (Å²) < 4.78 is 49.5. The number of halogens is 3. The maximum absolute atomic E-state index is 13.9. The molecule has 0 unspecified atom stereocenters. The number of aliphatic carboxylic acids is 1. The minimum Gasteiger partial charge on any atom is -0.500 e. The second-order valence-electron chi connectivity index (χ2n) is 3.69. The predicted octanol–water partition coefficient (Wildman–Crippen LogP) is 2.30. The Balaban J connectivity index is 3.42. The number of hydrogen-bond acceptors (Lipinski definition) is 4. The summed E-state index contributed by atoms with van der Waals surface area (Å²) >= 11 is 0. The highest BCUT2D eigenvalue weighted by molar-refractivity contribution is 6.23. The van der Waals surface area contributed by atoms with E-state index in [1.807, 2.05) is 0 Å². The van der Waals surface area contributed by atoms with Crippen molar-refractivity contribution in [2.45, 2.75) is 6.92 Å². The molecule has 21 heavy (non-hydrogen) atoms. The lowest BCUT2D eigenvalue weighted by molar-refractivity contribution is -0.132. The molecule has 0 saturated carbocycles. The van der Waals surface area contributed by atoms with Gasteiger partial charge in [-0.1, -0.05) is 0 Å². The summed E-state index contributed by atoms with van der Waals surface area (Å²) in [6.07, 6.45) is 0.609.